The molecule has 0 radical (unpaired) electrons. The highest BCUT2D eigenvalue weighted by atomic mass is 32.2. The summed E-state index contributed by atoms with van der Waals surface area (Å²) in [4.78, 5) is 11.6. The van der Waals surface area contributed by atoms with Gasteiger partial charge in [0.25, 0.3) is 0 Å². The molecule has 0 aromatic heterocycles. The predicted molar refractivity (Wildman–Crippen MR) is 69.6 cm³/mol. The Kier molecular flexibility index (Phi) is 4.86. The van der Waals surface area contributed by atoms with Crippen molar-refractivity contribution >= 4 is 15.9 Å². The number of nitrogens with one attached hydrogen (secondary N) is 2. The van der Waals surface area contributed by atoms with Gasteiger partial charge in [-0.25, -0.2) is 8.42 Å². The summed E-state index contributed by atoms with van der Waals surface area (Å²) in [6, 6.07) is 5.66. The molecule has 6 heteroatoms. The Hall–Kier alpha value is -1.40. The van der Waals surface area contributed by atoms with Gasteiger partial charge < -0.3 is 5.32 Å². The van der Waals surface area contributed by atoms with E-state index >= 15 is 0 Å². The highest BCUT2D eigenvalue weighted by Gasteiger charge is 2.21. The first kappa shape index (κ1) is 14.7. The highest BCUT2D eigenvalue weighted by molar-refractivity contribution is 7.89. The van der Waals surface area contributed by atoms with Gasteiger partial charge in [0.15, 0.2) is 0 Å². The Morgan fingerprint density at radius 1 is 1.28 bits per heavy atom. The minimum Gasteiger partial charge on any atom is -0.355 e. The largest absolute Gasteiger partial charge is 0.355 e. The quantitative estimate of drug-likeness (QED) is 0.831. The summed E-state index contributed by atoms with van der Waals surface area (Å²) in [6.07, 6.45) is 0. The van der Waals surface area contributed by atoms with Crippen LogP contribution in [0.2, 0.25) is 0 Å². The normalized spacial score (nSPS) is 13.1. The third-order valence-corrected chi connectivity index (χ3v) is 3.96. The standard InChI is InChI=1S/C12H18N2O3S/c1-4-13-12(15)10(3)14-18(16,17)11-7-5-9(2)6-8-11/h5-8,10,14H,4H2,1-3H3,(H,13,15)/t10-/m1/s1. The van der Waals surface area contributed by atoms with E-state index in [1.54, 1.807) is 19.1 Å². The summed E-state index contributed by atoms with van der Waals surface area (Å²) in [5.74, 6) is -0.340. The Labute approximate surface area is 108 Å². The molecule has 2 N–H and O–H groups in total. The van der Waals surface area contributed by atoms with Crippen molar-refractivity contribution in [1.82, 2.24) is 10.0 Å². The molecular weight excluding hydrogens is 252 g/mol. The number of sulfonamides is 1. The van der Waals surface area contributed by atoms with Crippen molar-refractivity contribution < 1.29 is 13.2 Å². The smallest absolute Gasteiger partial charge is 0.241 e. The molecule has 100 valence electrons. The monoisotopic (exact) mass is 270 g/mol. The summed E-state index contributed by atoms with van der Waals surface area (Å²) in [5.41, 5.74) is 0.978. The summed E-state index contributed by atoms with van der Waals surface area (Å²) < 4.78 is 26.3. The van der Waals surface area contributed by atoms with Crippen LogP contribution in [0.1, 0.15) is 19.4 Å². The zero-order valence-corrected chi connectivity index (χ0v) is 11.5. The fourth-order valence-corrected chi connectivity index (χ4v) is 2.60. The maximum atomic E-state index is 12.0. The van der Waals surface area contributed by atoms with Crippen LogP contribution in [0.5, 0.6) is 0 Å². The molecule has 18 heavy (non-hydrogen) atoms. The molecule has 0 fully saturated rings. The molecule has 0 aliphatic rings. The first-order valence-electron chi connectivity index (χ1n) is 5.73. The van der Waals surface area contributed by atoms with Crippen LogP contribution in [0, 0.1) is 6.92 Å². The van der Waals surface area contributed by atoms with Gasteiger partial charge in [0.2, 0.25) is 15.9 Å². The lowest BCUT2D eigenvalue weighted by Gasteiger charge is -2.13. The van der Waals surface area contributed by atoms with Crippen LogP contribution in [0.25, 0.3) is 0 Å². The Balaban J connectivity index is 2.82. The van der Waals surface area contributed by atoms with E-state index < -0.39 is 16.1 Å². The van der Waals surface area contributed by atoms with Crippen LogP contribution >= 0.6 is 0 Å². The number of likely N-dealkylation sites (N-methyl/N-ethyl adjacent to an activating group) is 1. The Morgan fingerprint density at radius 3 is 2.33 bits per heavy atom. The van der Waals surface area contributed by atoms with Crippen LogP contribution in [0.15, 0.2) is 29.2 Å². The third kappa shape index (κ3) is 3.82. The summed E-state index contributed by atoms with van der Waals surface area (Å²) >= 11 is 0. The lowest BCUT2D eigenvalue weighted by atomic mass is 10.2. The van der Waals surface area contributed by atoms with Gasteiger partial charge in [-0.1, -0.05) is 17.7 Å². The van der Waals surface area contributed by atoms with Crippen molar-refractivity contribution in [1.29, 1.82) is 0 Å². The fraction of sp³-hybridized carbons (Fsp3) is 0.417. The number of hydrogen-bond acceptors (Lipinski definition) is 3. The topological polar surface area (TPSA) is 75.3 Å². The average molecular weight is 270 g/mol. The molecule has 1 amide bonds. The van der Waals surface area contributed by atoms with Gasteiger partial charge in [-0.2, -0.15) is 4.72 Å². The molecule has 0 spiro atoms. The van der Waals surface area contributed by atoms with Gasteiger partial charge in [-0.15, -0.1) is 0 Å². The second-order valence-corrected chi connectivity index (χ2v) is 5.76. The molecule has 1 aromatic carbocycles. The van der Waals surface area contributed by atoms with Gasteiger partial charge in [0, 0.05) is 6.54 Å². The number of carbonyl (C=O) groups excluding carboxylic acids is 1. The van der Waals surface area contributed by atoms with Crippen LogP contribution in [-0.2, 0) is 14.8 Å². The van der Waals surface area contributed by atoms with Crippen molar-refractivity contribution in [2.45, 2.75) is 31.7 Å². The van der Waals surface area contributed by atoms with E-state index in [2.05, 4.69) is 10.0 Å². The first-order chi connectivity index (χ1) is 8.36. The minimum absolute atomic E-state index is 0.157. The van der Waals surface area contributed by atoms with Crippen LogP contribution < -0.4 is 10.0 Å². The van der Waals surface area contributed by atoms with E-state index in [1.165, 1.54) is 19.1 Å². The Morgan fingerprint density at radius 2 is 1.83 bits per heavy atom. The molecule has 0 aliphatic carbocycles. The van der Waals surface area contributed by atoms with E-state index in [9.17, 15) is 13.2 Å². The van der Waals surface area contributed by atoms with Gasteiger partial charge in [-0.3, -0.25) is 4.79 Å². The number of carbonyl (C=O) groups is 1. The summed E-state index contributed by atoms with van der Waals surface area (Å²) in [6.45, 7) is 5.63. The first-order valence-corrected chi connectivity index (χ1v) is 7.22. The minimum atomic E-state index is -3.65. The highest BCUT2D eigenvalue weighted by Crippen LogP contribution is 2.10. The maximum Gasteiger partial charge on any atom is 0.241 e. The van der Waals surface area contributed by atoms with E-state index in [0.29, 0.717) is 6.54 Å². The molecule has 0 heterocycles. The van der Waals surface area contributed by atoms with Crippen LogP contribution in [0.4, 0.5) is 0 Å². The Bertz CT molecular complexity index is 509. The zero-order valence-electron chi connectivity index (χ0n) is 10.7. The van der Waals surface area contributed by atoms with Gasteiger partial charge >= 0.3 is 0 Å². The average Bonchev–Trinajstić information content (AvgIpc) is 2.29. The van der Waals surface area contributed by atoms with E-state index in [-0.39, 0.29) is 10.8 Å². The molecule has 0 unspecified atom stereocenters. The second kappa shape index (κ2) is 5.97. The van der Waals surface area contributed by atoms with Gasteiger partial charge in [0.1, 0.15) is 0 Å². The second-order valence-electron chi connectivity index (χ2n) is 4.05. The molecule has 1 aromatic rings. The molecule has 0 saturated carbocycles. The lowest BCUT2D eigenvalue weighted by molar-refractivity contribution is -0.122. The molecular formula is C12H18N2O3S. The van der Waals surface area contributed by atoms with Crippen molar-refractivity contribution in [3.05, 3.63) is 29.8 Å². The van der Waals surface area contributed by atoms with Crippen LogP contribution in [0.3, 0.4) is 0 Å². The van der Waals surface area contributed by atoms with Crippen molar-refractivity contribution in [2.24, 2.45) is 0 Å². The number of amides is 1. The fourth-order valence-electron chi connectivity index (χ4n) is 1.40. The summed E-state index contributed by atoms with van der Waals surface area (Å²) in [7, 11) is -3.65. The van der Waals surface area contributed by atoms with Crippen molar-refractivity contribution in [2.75, 3.05) is 6.54 Å². The SMILES string of the molecule is CCNC(=O)[C@@H](C)NS(=O)(=O)c1ccc(C)cc1. The van der Waals surface area contributed by atoms with Crippen molar-refractivity contribution in [3.8, 4) is 0 Å². The van der Waals surface area contributed by atoms with Gasteiger partial charge in [0.05, 0.1) is 10.9 Å². The van der Waals surface area contributed by atoms with Gasteiger partial charge in [-0.05, 0) is 32.9 Å². The molecule has 1 rings (SSSR count). The van der Waals surface area contributed by atoms with E-state index in [4.69, 9.17) is 0 Å². The number of aryl methyl sites for hydroxylation is 1. The van der Waals surface area contributed by atoms with Crippen LogP contribution in [-0.4, -0.2) is 26.9 Å². The molecule has 0 saturated heterocycles. The number of hydrogen-bond donors (Lipinski definition) is 2. The molecule has 0 bridgehead atoms. The van der Waals surface area contributed by atoms with E-state index in [1.807, 2.05) is 6.92 Å². The number of rotatable bonds is 5. The summed E-state index contributed by atoms with van der Waals surface area (Å²) in [5, 5.41) is 2.56. The molecule has 0 aliphatic heterocycles. The predicted octanol–water partition coefficient (Wildman–Crippen LogP) is 0.798. The number of benzene rings is 1. The zero-order chi connectivity index (χ0) is 13.8. The molecule has 5 nitrogen and oxygen atoms in total. The third-order valence-electron chi connectivity index (χ3n) is 2.41. The van der Waals surface area contributed by atoms with E-state index in [0.717, 1.165) is 5.56 Å². The lowest BCUT2D eigenvalue weighted by Crippen LogP contribution is -2.44. The molecule has 1 atom stereocenters. The maximum absolute atomic E-state index is 12.0. The van der Waals surface area contributed by atoms with Crippen molar-refractivity contribution in [3.63, 3.8) is 0 Å².